The van der Waals surface area contributed by atoms with E-state index in [1.807, 2.05) is 31.2 Å². The van der Waals surface area contributed by atoms with Crippen LogP contribution in [0.4, 0.5) is 0 Å². The molecular formula is C18H25NO5. The molecule has 6 heteroatoms. The normalized spacial score (nSPS) is 11.5. The van der Waals surface area contributed by atoms with Crippen LogP contribution in [0.5, 0.6) is 5.75 Å². The van der Waals surface area contributed by atoms with E-state index in [9.17, 15) is 9.59 Å². The van der Waals surface area contributed by atoms with Crippen LogP contribution in [0.15, 0.2) is 36.9 Å². The fraction of sp³-hybridized carbons (Fsp3) is 0.444. The molecule has 1 unspecified atom stereocenters. The second kappa shape index (κ2) is 10.4. The van der Waals surface area contributed by atoms with Crippen LogP contribution in [0.1, 0.15) is 12.5 Å². The molecule has 0 aliphatic carbocycles. The van der Waals surface area contributed by atoms with E-state index in [0.29, 0.717) is 13.2 Å². The number of nitrogens with zero attached hydrogens (tertiary/aromatic N) is 1. The summed E-state index contributed by atoms with van der Waals surface area (Å²) >= 11 is 0. The third-order valence-corrected chi connectivity index (χ3v) is 3.34. The number of esters is 1. The van der Waals surface area contributed by atoms with Crippen molar-refractivity contribution in [2.45, 2.75) is 20.0 Å². The monoisotopic (exact) mass is 335 g/mol. The maximum atomic E-state index is 11.9. The van der Waals surface area contributed by atoms with Gasteiger partial charge >= 0.3 is 5.97 Å². The third-order valence-electron chi connectivity index (χ3n) is 3.34. The van der Waals surface area contributed by atoms with Crippen LogP contribution in [0.2, 0.25) is 0 Å². The van der Waals surface area contributed by atoms with Crippen molar-refractivity contribution in [3.05, 3.63) is 42.5 Å². The smallest absolute Gasteiger partial charge is 0.335 e. The molecule has 0 fully saturated rings. The molecule has 0 heterocycles. The average molecular weight is 335 g/mol. The maximum absolute atomic E-state index is 11.9. The Kier molecular flexibility index (Phi) is 8.57. The zero-order valence-corrected chi connectivity index (χ0v) is 14.5. The van der Waals surface area contributed by atoms with Crippen molar-refractivity contribution in [2.24, 2.45) is 0 Å². The Bertz CT molecular complexity index is 558. The van der Waals surface area contributed by atoms with Crippen molar-refractivity contribution in [2.75, 3.05) is 33.4 Å². The van der Waals surface area contributed by atoms with Crippen molar-refractivity contribution in [1.82, 2.24) is 4.90 Å². The number of rotatable bonds is 10. The van der Waals surface area contributed by atoms with Crippen LogP contribution in [-0.4, -0.2) is 56.3 Å². The Morgan fingerprint density at radius 1 is 1.33 bits per heavy atom. The Morgan fingerprint density at radius 3 is 2.71 bits per heavy atom. The molecule has 0 aliphatic heterocycles. The summed E-state index contributed by atoms with van der Waals surface area (Å²) in [7, 11) is 1.63. The first-order chi connectivity index (χ1) is 11.5. The zero-order valence-electron chi connectivity index (χ0n) is 14.5. The number of hydrogen-bond acceptors (Lipinski definition) is 5. The molecule has 1 aromatic rings. The number of likely N-dealkylation sites (N-methyl/N-ethyl adjacent to an activating group) is 1. The summed E-state index contributed by atoms with van der Waals surface area (Å²) < 4.78 is 15.7. The van der Waals surface area contributed by atoms with Crippen LogP contribution in [0, 0.1) is 6.92 Å². The van der Waals surface area contributed by atoms with Crippen molar-refractivity contribution in [1.29, 1.82) is 0 Å². The second-order valence-corrected chi connectivity index (χ2v) is 5.30. The van der Waals surface area contributed by atoms with E-state index in [2.05, 4.69) is 6.58 Å². The van der Waals surface area contributed by atoms with Gasteiger partial charge in [-0.05, 0) is 25.5 Å². The minimum Gasteiger partial charge on any atom is -0.491 e. The summed E-state index contributed by atoms with van der Waals surface area (Å²) in [4.78, 5) is 25.0. The van der Waals surface area contributed by atoms with Gasteiger partial charge in [0.25, 0.3) is 5.91 Å². The van der Waals surface area contributed by atoms with Gasteiger partial charge in [0.2, 0.25) is 0 Å². The molecule has 24 heavy (non-hydrogen) atoms. The quantitative estimate of drug-likeness (QED) is 0.483. The first-order valence-corrected chi connectivity index (χ1v) is 7.77. The SMILES string of the molecule is C=CCOC(C)C(=O)OCC(=O)N(C)CCOc1ccccc1C. The lowest BCUT2D eigenvalue weighted by Crippen LogP contribution is -2.35. The molecule has 0 radical (unpaired) electrons. The van der Waals surface area contributed by atoms with E-state index in [4.69, 9.17) is 14.2 Å². The van der Waals surface area contributed by atoms with E-state index >= 15 is 0 Å². The Hall–Kier alpha value is -2.34. The molecule has 132 valence electrons. The molecule has 1 rings (SSSR count). The average Bonchev–Trinajstić information content (AvgIpc) is 2.58. The van der Waals surface area contributed by atoms with Crippen LogP contribution in [0.3, 0.4) is 0 Å². The molecule has 0 aliphatic rings. The van der Waals surface area contributed by atoms with Crippen LogP contribution in [0.25, 0.3) is 0 Å². The summed E-state index contributed by atoms with van der Waals surface area (Å²) in [5.74, 6) is -0.0830. The lowest BCUT2D eigenvalue weighted by molar-refractivity contribution is -0.160. The van der Waals surface area contributed by atoms with Crippen molar-refractivity contribution in [3.63, 3.8) is 0 Å². The van der Waals surface area contributed by atoms with Gasteiger partial charge in [-0.3, -0.25) is 4.79 Å². The number of aryl methyl sites for hydroxylation is 1. The van der Waals surface area contributed by atoms with E-state index < -0.39 is 12.1 Å². The molecule has 1 atom stereocenters. The molecule has 1 amide bonds. The predicted molar refractivity (Wildman–Crippen MR) is 90.9 cm³/mol. The highest BCUT2D eigenvalue weighted by molar-refractivity contribution is 5.81. The molecule has 1 aromatic carbocycles. The van der Waals surface area contributed by atoms with E-state index in [0.717, 1.165) is 11.3 Å². The third kappa shape index (κ3) is 6.83. The number of benzene rings is 1. The van der Waals surface area contributed by atoms with Crippen LogP contribution < -0.4 is 4.74 Å². The van der Waals surface area contributed by atoms with Gasteiger partial charge in [-0.25, -0.2) is 4.79 Å². The molecule has 0 aromatic heterocycles. The molecule has 0 spiro atoms. The largest absolute Gasteiger partial charge is 0.491 e. The van der Waals surface area contributed by atoms with Crippen LogP contribution in [-0.2, 0) is 19.1 Å². The number of hydrogen-bond donors (Lipinski definition) is 0. The van der Waals surface area contributed by atoms with Crippen molar-refractivity contribution in [3.8, 4) is 5.75 Å². The fourth-order valence-electron chi connectivity index (χ4n) is 1.78. The van der Waals surface area contributed by atoms with Crippen molar-refractivity contribution < 1.29 is 23.8 Å². The molecule has 0 N–H and O–H groups in total. The van der Waals surface area contributed by atoms with Gasteiger partial charge in [0.15, 0.2) is 12.7 Å². The lowest BCUT2D eigenvalue weighted by atomic mass is 10.2. The molecule has 6 nitrogen and oxygen atoms in total. The summed E-state index contributed by atoms with van der Waals surface area (Å²) in [6, 6.07) is 7.67. The van der Waals surface area contributed by atoms with Gasteiger partial charge in [-0.2, -0.15) is 0 Å². The zero-order chi connectivity index (χ0) is 17.9. The van der Waals surface area contributed by atoms with E-state index in [1.54, 1.807) is 14.0 Å². The highest BCUT2D eigenvalue weighted by Gasteiger charge is 2.17. The number of amides is 1. The Labute approximate surface area is 143 Å². The van der Waals surface area contributed by atoms with Crippen molar-refractivity contribution >= 4 is 11.9 Å². The lowest BCUT2D eigenvalue weighted by Gasteiger charge is -2.18. The summed E-state index contributed by atoms with van der Waals surface area (Å²) in [5, 5.41) is 0. The van der Waals surface area contributed by atoms with Gasteiger partial charge in [-0.15, -0.1) is 6.58 Å². The topological polar surface area (TPSA) is 65.1 Å². The number of para-hydroxylation sites is 1. The predicted octanol–water partition coefficient (Wildman–Crippen LogP) is 1.97. The molecule has 0 saturated carbocycles. The minimum absolute atomic E-state index is 0.250. The number of ether oxygens (including phenoxy) is 3. The molecule has 0 saturated heterocycles. The number of carbonyl (C=O) groups is 2. The Balaban J connectivity index is 2.28. The molecule has 0 bridgehead atoms. The first kappa shape index (κ1) is 19.7. The summed E-state index contributed by atoms with van der Waals surface area (Å²) in [5.41, 5.74) is 1.04. The van der Waals surface area contributed by atoms with Gasteiger partial charge in [0.05, 0.1) is 13.2 Å². The second-order valence-electron chi connectivity index (χ2n) is 5.30. The Morgan fingerprint density at radius 2 is 2.04 bits per heavy atom. The highest BCUT2D eigenvalue weighted by Crippen LogP contribution is 2.15. The number of carbonyl (C=O) groups excluding carboxylic acids is 2. The van der Waals surface area contributed by atoms with Crippen LogP contribution >= 0.6 is 0 Å². The summed E-state index contributed by atoms with van der Waals surface area (Å²) in [6.07, 6.45) is 0.808. The standard InChI is InChI=1S/C18H25NO5/c1-5-11-22-15(3)18(21)24-13-17(20)19(4)10-12-23-16-9-7-6-8-14(16)2/h5-9,15H,1,10-13H2,2-4H3. The van der Waals surface area contributed by atoms with E-state index in [1.165, 1.54) is 11.0 Å². The van der Waals surface area contributed by atoms with Gasteiger partial charge in [0, 0.05) is 7.05 Å². The van der Waals surface area contributed by atoms with E-state index in [-0.39, 0.29) is 19.1 Å². The highest BCUT2D eigenvalue weighted by atomic mass is 16.6. The van der Waals surface area contributed by atoms with Gasteiger partial charge < -0.3 is 19.1 Å². The van der Waals surface area contributed by atoms with Gasteiger partial charge in [0.1, 0.15) is 12.4 Å². The summed E-state index contributed by atoms with van der Waals surface area (Å²) in [6.45, 7) is 7.71. The minimum atomic E-state index is -0.731. The maximum Gasteiger partial charge on any atom is 0.335 e. The molecular weight excluding hydrogens is 310 g/mol. The first-order valence-electron chi connectivity index (χ1n) is 7.77. The fourth-order valence-corrected chi connectivity index (χ4v) is 1.78. The van der Waals surface area contributed by atoms with Gasteiger partial charge in [-0.1, -0.05) is 24.3 Å².